The van der Waals surface area contributed by atoms with Crippen LogP contribution in [0.5, 0.6) is 0 Å². The van der Waals surface area contributed by atoms with Gasteiger partial charge in [0.2, 0.25) is 0 Å². The molecule has 0 saturated heterocycles. The normalized spacial score (nSPS) is 19.5. The molecule has 1 N–H and O–H groups in total. The molecule has 0 saturated carbocycles. The van der Waals surface area contributed by atoms with E-state index in [1.807, 2.05) is 6.92 Å². The number of hydrogen-bond acceptors (Lipinski definition) is 2. The van der Waals surface area contributed by atoms with Gasteiger partial charge in [-0.1, -0.05) is 0 Å². The van der Waals surface area contributed by atoms with E-state index >= 15 is 0 Å². The summed E-state index contributed by atoms with van der Waals surface area (Å²) in [5.41, 5.74) is 1.68. The highest BCUT2D eigenvalue weighted by molar-refractivity contribution is 5.98. The third-order valence-corrected chi connectivity index (χ3v) is 3.08. The monoisotopic (exact) mass is 219 g/mol. The van der Waals surface area contributed by atoms with Crippen molar-refractivity contribution < 1.29 is 14.7 Å². The Balaban J connectivity index is 2.49. The van der Waals surface area contributed by atoms with Crippen LogP contribution in [0.3, 0.4) is 0 Å². The molecule has 0 fully saturated rings. The van der Waals surface area contributed by atoms with Crippen LogP contribution in [0.4, 0.5) is 0 Å². The van der Waals surface area contributed by atoms with Gasteiger partial charge in [-0.05, 0) is 37.1 Å². The Hall–Kier alpha value is -1.84. The van der Waals surface area contributed by atoms with Crippen LogP contribution in [0, 0.1) is 0 Å². The lowest BCUT2D eigenvalue weighted by molar-refractivity contribution is 0.0687. The van der Waals surface area contributed by atoms with Gasteiger partial charge in [0.1, 0.15) is 0 Å². The molecule has 4 nitrogen and oxygen atoms in total. The Bertz CT molecular complexity index is 467. The average molecular weight is 219 g/mol. The number of fused-ring (bicyclic) bond motifs is 1. The maximum atomic E-state index is 11.9. The summed E-state index contributed by atoms with van der Waals surface area (Å²) in [6, 6.07) is 4.79. The number of carbonyl (C=O) groups excluding carboxylic acids is 1. The van der Waals surface area contributed by atoms with E-state index < -0.39 is 5.97 Å². The zero-order valence-corrected chi connectivity index (χ0v) is 9.23. The first kappa shape index (κ1) is 10.7. The topological polar surface area (TPSA) is 57.6 Å². The minimum absolute atomic E-state index is 0.0364. The standard InChI is InChI=1S/C12H13NO3/c1-7-5-9-6-8(12(15)16)3-4-10(9)11(14)13(7)2/h3-4,6-7H,5H2,1-2H3,(H,15,16). The van der Waals surface area contributed by atoms with Crippen LogP contribution in [0.2, 0.25) is 0 Å². The van der Waals surface area contributed by atoms with Crippen molar-refractivity contribution in [1.82, 2.24) is 4.90 Å². The number of likely N-dealkylation sites (N-methyl/N-ethyl adjacent to an activating group) is 1. The smallest absolute Gasteiger partial charge is 0.335 e. The van der Waals surface area contributed by atoms with Crippen molar-refractivity contribution in [3.63, 3.8) is 0 Å². The number of hydrogen-bond donors (Lipinski definition) is 1. The van der Waals surface area contributed by atoms with Crippen LogP contribution in [0.1, 0.15) is 33.2 Å². The predicted octanol–water partition coefficient (Wildman–Crippen LogP) is 1.40. The molecule has 0 spiro atoms. The molecule has 0 radical (unpaired) electrons. The fourth-order valence-corrected chi connectivity index (χ4v) is 1.95. The van der Waals surface area contributed by atoms with Gasteiger partial charge in [-0.2, -0.15) is 0 Å². The summed E-state index contributed by atoms with van der Waals surface area (Å²) < 4.78 is 0. The molecule has 1 unspecified atom stereocenters. The molecule has 1 amide bonds. The molecular weight excluding hydrogens is 206 g/mol. The lowest BCUT2D eigenvalue weighted by Crippen LogP contribution is -2.41. The van der Waals surface area contributed by atoms with Crippen LogP contribution < -0.4 is 0 Å². The van der Waals surface area contributed by atoms with Crippen molar-refractivity contribution in [2.24, 2.45) is 0 Å². The second-order valence-corrected chi connectivity index (χ2v) is 4.15. The minimum atomic E-state index is -0.957. The molecule has 16 heavy (non-hydrogen) atoms. The van der Waals surface area contributed by atoms with Gasteiger partial charge in [0, 0.05) is 18.7 Å². The Labute approximate surface area is 93.5 Å². The van der Waals surface area contributed by atoms with Gasteiger partial charge in [0.05, 0.1) is 5.56 Å². The summed E-state index contributed by atoms with van der Waals surface area (Å²) in [7, 11) is 1.76. The molecule has 1 aliphatic rings. The second-order valence-electron chi connectivity index (χ2n) is 4.15. The second kappa shape index (κ2) is 3.63. The van der Waals surface area contributed by atoms with Gasteiger partial charge in [-0.3, -0.25) is 4.79 Å². The van der Waals surface area contributed by atoms with Crippen LogP contribution in [0.25, 0.3) is 0 Å². The van der Waals surface area contributed by atoms with E-state index in [-0.39, 0.29) is 17.5 Å². The molecule has 1 heterocycles. The lowest BCUT2D eigenvalue weighted by atomic mass is 9.93. The van der Waals surface area contributed by atoms with Gasteiger partial charge in [-0.25, -0.2) is 4.79 Å². The molecular formula is C12H13NO3. The summed E-state index contributed by atoms with van der Waals surface area (Å²) in [6.45, 7) is 1.95. The Morgan fingerprint density at radius 2 is 2.19 bits per heavy atom. The van der Waals surface area contributed by atoms with Crippen molar-refractivity contribution in [2.75, 3.05) is 7.05 Å². The van der Waals surface area contributed by atoms with Gasteiger partial charge in [0.25, 0.3) is 5.91 Å². The third kappa shape index (κ3) is 1.56. The molecule has 0 aromatic heterocycles. The highest BCUT2D eigenvalue weighted by Crippen LogP contribution is 2.23. The number of aromatic carboxylic acids is 1. The third-order valence-electron chi connectivity index (χ3n) is 3.08. The van der Waals surface area contributed by atoms with Crippen molar-refractivity contribution in [3.8, 4) is 0 Å². The highest BCUT2D eigenvalue weighted by Gasteiger charge is 2.27. The molecule has 1 aliphatic heterocycles. The van der Waals surface area contributed by atoms with Gasteiger partial charge >= 0.3 is 5.97 Å². The van der Waals surface area contributed by atoms with E-state index in [2.05, 4.69) is 0 Å². The number of rotatable bonds is 1. The molecule has 1 aromatic carbocycles. The zero-order valence-electron chi connectivity index (χ0n) is 9.23. The number of carbonyl (C=O) groups is 2. The van der Waals surface area contributed by atoms with Crippen molar-refractivity contribution in [3.05, 3.63) is 34.9 Å². The van der Waals surface area contributed by atoms with E-state index in [4.69, 9.17) is 5.11 Å². The first-order valence-electron chi connectivity index (χ1n) is 5.14. The SMILES string of the molecule is CC1Cc2cc(C(=O)O)ccc2C(=O)N1C. The van der Waals surface area contributed by atoms with Gasteiger partial charge in [-0.15, -0.1) is 0 Å². The van der Waals surface area contributed by atoms with Crippen LogP contribution >= 0.6 is 0 Å². The van der Waals surface area contributed by atoms with Crippen molar-refractivity contribution in [2.45, 2.75) is 19.4 Å². The summed E-state index contributed by atoms with van der Waals surface area (Å²) in [6.07, 6.45) is 0.707. The molecule has 1 aromatic rings. The summed E-state index contributed by atoms with van der Waals surface area (Å²) >= 11 is 0. The van der Waals surface area contributed by atoms with Crippen LogP contribution in [0.15, 0.2) is 18.2 Å². The predicted molar refractivity (Wildman–Crippen MR) is 58.7 cm³/mol. The number of carboxylic acids is 1. The molecule has 1 atom stereocenters. The largest absolute Gasteiger partial charge is 0.478 e. The van der Waals surface area contributed by atoms with E-state index in [1.165, 1.54) is 6.07 Å². The molecule has 4 heteroatoms. The average Bonchev–Trinajstić information content (AvgIpc) is 2.25. The summed E-state index contributed by atoms with van der Waals surface area (Å²) in [5, 5.41) is 8.87. The molecule has 0 bridgehead atoms. The highest BCUT2D eigenvalue weighted by atomic mass is 16.4. The Morgan fingerprint density at radius 1 is 1.50 bits per heavy atom. The number of carboxylic acid groups (broad SMARTS) is 1. The van der Waals surface area contributed by atoms with Gasteiger partial charge in [0.15, 0.2) is 0 Å². The summed E-state index contributed by atoms with van der Waals surface area (Å²) in [4.78, 5) is 24.4. The van der Waals surface area contributed by atoms with Crippen molar-refractivity contribution in [1.29, 1.82) is 0 Å². The number of amides is 1. The number of benzene rings is 1. The van der Waals surface area contributed by atoms with Crippen LogP contribution in [-0.4, -0.2) is 35.0 Å². The van der Waals surface area contributed by atoms with E-state index in [1.54, 1.807) is 24.1 Å². The van der Waals surface area contributed by atoms with E-state index in [9.17, 15) is 9.59 Å². The van der Waals surface area contributed by atoms with E-state index in [0.29, 0.717) is 12.0 Å². The first-order chi connectivity index (χ1) is 7.50. The first-order valence-corrected chi connectivity index (χ1v) is 5.14. The van der Waals surface area contributed by atoms with Gasteiger partial charge < -0.3 is 10.0 Å². The number of nitrogens with zero attached hydrogens (tertiary/aromatic N) is 1. The fraction of sp³-hybridized carbons (Fsp3) is 0.333. The fourth-order valence-electron chi connectivity index (χ4n) is 1.95. The maximum absolute atomic E-state index is 11.9. The molecule has 2 rings (SSSR count). The van der Waals surface area contributed by atoms with Crippen molar-refractivity contribution >= 4 is 11.9 Å². The molecule has 84 valence electrons. The van der Waals surface area contributed by atoms with E-state index in [0.717, 1.165) is 5.56 Å². The van der Waals surface area contributed by atoms with Crippen LogP contribution in [-0.2, 0) is 6.42 Å². The molecule has 0 aliphatic carbocycles. The summed E-state index contributed by atoms with van der Waals surface area (Å²) in [5.74, 6) is -0.993. The maximum Gasteiger partial charge on any atom is 0.335 e. The Kier molecular flexibility index (Phi) is 2.42. The Morgan fingerprint density at radius 3 is 2.81 bits per heavy atom. The quantitative estimate of drug-likeness (QED) is 0.776. The zero-order chi connectivity index (χ0) is 11.9. The minimum Gasteiger partial charge on any atom is -0.478 e. The lowest BCUT2D eigenvalue weighted by Gasteiger charge is -2.31.